The molecule has 1 rings (SSSR count). The van der Waals surface area contributed by atoms with Crippen molar-refractivity contribution in [3.63, 3.8) is 0 Å². The summed E-state index contributed by atoms with van der Waals surface area (Å²) in [5.41, 5.74) is 5.20. The highest BCUT2D eigenvalue weighted by Gasteiger charge is 2.28. The standard InChI is InChI=1S/C14H28N4/c1-5-18-8-6-7-13(18)10-17(4)12(2)9-14(3,16)11-15/h12-13H,5-10,16H2,1-4H3. The van der Waals surface area contributed by atoms with Crippen LogP contribution in [0.2, 0.25) is 0 Å². The third-order valence-corrected chi connectivity index (χ3v) is 4.13. The van der Waals surface area contributed by atoms with Gasteiger partial charge < -0.3 is 10.6 Å². The second-order valence-corrected chi connectivity index (χ2v) is 5.95. The number of hydrogen-bond donors (Lipinski definition) is 1. The molecule has 1 heterocycles. The van der Waals surface area contributed by atoms with E-state index in [9.17, 15) is 0 Å². The van der Waals surface area contributed by atoms with Crippen LogP contribution in [-0.2, 0) is 0 Å². The fourth-order valence-corrected chi connectivity index (χ4v) is 2.85. The number of nitrogens with zero attached hydrogens (tertiary/aromatic N) is 3. The molecule has 1 fully saturated rings. The Morgan fingerprint density at radius 2 is 2.28 bits per heavy atom. The van der Waals surface area contributed by atoms with Crippen molar-refractivity contribution >= 4 is 0 Å². The van der Waals surface area contributed by atoms with Crippen LogP contribution in [0.1, 0.15) is 40.0 Å². The van der Waals surface area contributed by atoms with E-state index in [0.717, 1.165) is 19.5 Å². The highest BCUT2D eigenvalue weighted by atomic mass is 15.2. The second-order valence-electron chi connectivity index (χ2n) is 5.95. The Balaban J connectivity index is 2.45. The lowest BCUT2D eigenvalue weighted by Crippen LogP contribution is -2.46. The summed E-state index contributed by atoms with van der Waals surface area (Å²) in [5, 5.41) is 8.99. The fraction of sp³-hybridized carbons (Fsp3) is 0.929. The largest absolute Gasteiger partial charge is 0.314 e. The molecule has 3 atom stereocenters. The third-order valence-electron chi connectivity index (χ3n) is 4.13. The van der Waals surface area contributed by atoms with Gasteiger partial charge in [0, 0.05) is 18.6 Å². The molecule has 18 heavy (non-hydrogen) atoms. The van der Waals surface area contributed by atoms with Crippen LogP contribution in [0.25, 0.3) is 0 Å². The lowest BCUT2D eigenvalue weighted by molar-refractivity contribution is 0.157. The molecule has 0 aromatic rings. The van der Waals surface area contributed by atoms with E-state index >= 15 is 0 Å². The van der Waals surface area contributed by atoms with Crippen LogP contribution in [0.4, 0.5) is 0 Å². The zero-order chi connectivity index (χ0) is 13.8. The van der Waals surface area contributed by atoms with Gasteiger partial charge in [0.1, 0.15) is 5.54 Å². The van der Waals surface area contributed by atoms with Crippen LogP contribution in [0.5, 0.6) is 0 Å². The quantitative estimate of drug-likeness (QED) is 0.777. The van der Waals surface area contributed by atoms with Crippen LogP contribution in [0.3, 0.4) is 0 Å². The van der Waals surface area contributed by atoms with E-state index < -0.39 is 5.54 Å². The number of hydrogen-bond acceptors (Lipinski definition) is 4. The Morgan fingerprint density at radius 3 is 2.83 bits per heavy atom. The number of nitriles is 1. The minimum atomic E-state index is -0.714. The summed E-state index contributed by atoms with van der Waals surface area (Å²) < 4.78 is 0. The average Bonchev–Trinajstić information content (AvgIpc) is 2.75. The van der Waals surface area contributed by atoms with Gasteiger partial charge in [-0.05, 0) is 53.2 Å². The van der Waals surface area contributed by atoms with Gasteiger partial charge in [-0.3, -0.25) is 4.90 Å². The second kappa shape index (κ2) is 6.51. The van der Waals surface area contributed by atoms with Gasteiger partial charge in [0.05, 0.1) is 6.07 Å². The zero-order valence-electron chi connectivity index (χ0n) is 12.3. The van der Waals surface area contributed by atoms with Gasteiger partial charge in [-0.25, -0.2) is 0 Å². The minimum Gasteiger partial charge on any atom is -0.314 e. The number of nitrogens with two attached hydrogens (primary N) is 1. The van der Waals surface area contributed by atoms with Gasteiger partial charge in [-0.15, -0.1) is 0 Å². The zero-order valence-corrected chi connectivity index (χ0v) is 12.3. The molecule has 1 saturated heterocycles. The maximum absolute atomic E-state index is 8.99. The number of likely N-dealkylation sites (N-methyl/N-ethyl adjacent to an activating group) is 2. The Bertz CT molecular complexity index is 295. The molecule has 0 aromatic heterocycles. The van der Waals surface area contributed by atoms with Crippen LogP contribution < -0.4 is 5.73 Å². The molecule has 0 bridgehead atoms. The maximum atomic E-state index is 8.99. The van der Waals surface area contributed by atoms with E-state index in [4.69, 9.17) is 11.0 Å². The summed E-state index contributed by atoms with van der Waals surface area (Å²) in [6, 6.07) is 3.20. The van der Waals surface area contributed by atoms with E-state index in [-0.39, 0.29) is 0 Å². The molecule has 0 aliphatic carbocycles. The van der Waals surface area contributed by atoms with Gasteiger partial charge in [-0.2, -0.15) is 5.26 Å². The summed E-state index contributed by atoms with van der Waals surface area (Å²) in [6.07, 6.45) is 3.33. The Kier molecular flexibility index (Phi) is 5.58. The van der Waals surface area contributed by atoms with Crippen LogP contribution in [0.15, 0.2) is 0 Å². The van der Waals surface area contributed by atoms with Crippen LogP contribution >= 0.6 is 0 Å². The summed E-state index contributed by atoms with van der Waals surface area (Å²) in [4.78, 5) is 4.90. The van der Waals surface area contributed by atoms with Crippen LogP contribution in [0, 0.1) is 11.3 Å². The first kappa shape index (κ1) is 15.4. The lowest BCUT2D eigenvalue weighted by Gasteiger charge is -2.33. The molecular formula is C14H28N4. The van der Waals surface area contributed by atoms with E-state index in [1.807, 2.05) is 6.92 Å². The summed E-state index contributed by atoms with van der Waals surface area (Å²) >= 11 is 0. The molecule has 2 N–H and O–H groups in total. The van der Waals surface area contributed by atoms with Crippen molar-refractivity contribution in [3.8, 4) is 6.07 Å². The normalized spacial score (nSPS) is 25.9. The average molecular weight is 252 g/mol. The van der Waals surface area contributed by atoms with Crippen molar-refractivity contribution in [3.05, 3.63) is 0 Å². The SMILES string of the molecule is CCN1CCCC1CN(C)C(C)CC(C)(N)C#N. The Labute approximate surface area is 112 Å². The molecule has 4 heteroatoms. The highest BCUT2D eigenvalue weighted by Crippen LogP contribution is 2.19. The van der Waals surface area contributed by atoms with Crippen molar-refractivity contribution in [1.82, 2.24) is 9.80 Å². The van der Waals surface area contributed by atoms with E-state index in [2.05, 4.69) is 36.8 Å². The van der Waals surface area contributed by atoms with Crippen molar-refractivity contribution in [2.45, 2.75) is 57.7 Å². The first-order valence-electron chi connectivity index (χ1n) is 7.04. The molecule has 3 unspecified atom stereocenters. The molecule has 1 aliphatic heterocycles. The molecule has 0 amide bonds. The van der Waals surface area contributed by atoms with Crippen molar-refractivity contribution in [2.75, 3.05) is 26.7 Å². The molecule has 1 aliphatic rings. The van der Waals surface area contributed by atoms with Gasteiger partial charge in [0.15, 0.2) is 0 Å². The van der Waals surface area contributed by atoms with Gasteiger partial charge in [0.25, 0.3) is 0 Å². The van der Waals surface area contributed by atoms with Gasteiger partial charge >= 0.3 is 0 Å². The third kappa shape index (κ3) is 4.24. The first-order valence-corrected chi connectivity index (χ1v) is 7.04. The summed E-state index contributed by atoms with van der Waals surface area (Å²) in [6.45, 7) is 9.65. The fourth-order valence-electron chi connectivity index (χ4n) is 2.85. The molecule has 4 nitrogen and oxygen atoms in total. The van der Waals surface area contributed by atoms with Crippen molar-refractivity contribution in [2.24, 2.45) is 5.73 Å². The lowest BCUT2D eigenvalue weighted by atomic mass is 9.96. The molecule has 0 spiro atoms. The Morgan fingerprint density at radius 1 is 1.61 bits per heavy atom. The monoisotopic (exact) mass is 252 g/mol. The van der Waals surface area contributed by atoms with E-state index in [0.29, 0.717) is 12.1 Å². The predicted octanol–water partition coefficient (Wildman–Crippen LogP) is 1.42. The first-order chi connectivity index (χ1) is 8.39. The molecular weight excluding hydrogens is 224 g/mol. The molecule has 104 valence electrons. The van der Waals surface area contributed by atoms with Gasteiger partial charge in [-0.1, -0.05) is 6.92 Å². The Hall–Kier alpha value is -0.630. The van der Waals surface area contributed by atoms with E-state index in [1.54, 1.807) is 0 Å². The predicted molar refractivity (Wildman–Crippen MR) is 75.2 cm³/mol. The summed E-state index contributed by atoms with van der Waals surface area (Å²) in [7, 11) is 2.14. The number of rotatable bonds is 6. The van der Waals surface area contributed by atoms with E-state index in [1.165, 1.54) is 19.4 Å². The minimum absolute atomic E-state index is 0.346. The smallest absolute Gasteiger partial charge is 0.102 e. The maximum Gasteiger partial charge on any atom is 0.102 e. The van der Waals surface area contributed by atoms with Gasteiger partial charge in [0.2, 0.25) is 0 Å². The molecule has 0 radical (unpaired) electrons. The van der Waals surface area contributed by atoms with Crippen LogP contribution in [-0.4, -0.2) is 54.1 Å². The number of likely N-dealkylation sites (tertiary alicyclic amines) is 1. The van der Waals surface area contributed by atoms with Crippen molar-refractivity contribution < 1.29 is 0 Å². The molecule has 0 saturated carbocycles. The highest BCUT2D eigenvalue weighted by molar-refractivity contribution is 5.02. The summed E-state index contributed by atoms with van der Waals surface area (Å²) in [5.74, 6) is 0. The topological polar surface area (TPSA) is 56.3 Å². The molecule has 0 aromatic carbocycles. The van der Waals surface area contributed by atoms with Crippen molar-refractivity contribution in [1.29, 1.82) is 5.26 Å².